The number of thioether (sulfide) groups is 1. The van der Waals surface area contributed by atoms with Crippen LogP contribution in [-0.2, 0) is 10.5 Å². The first kappa shape index (κ1) is 21.1. The van der Waals surface area contributed by atoms with Gasteiger partial charge in [-0.1, -0.05) is 23.9 Å². The van der Waals surface area contributed by atoms with Crippen LogP contribution in [0.2, 0.25) is 0 Å². The van der Waals surface area contributed by atoms with E-state index in [1.54, 1.807) is 18.1 Å². The van der Waals surface area contributed by atoms with Gasteiger partial charge >= 0.3 is 0 Å². The number of hydrogen-bond donors (Lipinski definition) is 1. The minimum absolute atomic E-state index is 0.0796. The zero-order chi connectivity index (χ0) is 22.1. The van der Waals surface area contributed by atoms with E-state index in [1.807, 2.05) is 50.4 Å². The molecule has 4 rings (SSSR count). The van der Waals surface area contributed by atoms with E-state index in [0.717, 1.165) is 33.8 Å². The van der Waals surface area contributed by atoms with E-state index in [-0.39, 0.29) is 5.91 Å². The van der Waals surface area contributed by atoms with E-state index >= 15 is 0 Å². The lowest BCUT2D eigenvalue weighted by Gasteiger charge is -2.21. The van der Waals surface area contributed by atoms with Crippen LogP contribution in [0.3, 0.4) is 0 Å². The molecule has 0 spiro atoms. The van der Waals surface area contributed by atoms with Gasteiger partial charge in [-0.15, -0.1) is 21.5 Å². The van der Waals surface area contributed by atoms with Crippen LogP contribution in [0.15, 0.2) is 45.5 Å². The summed E-state index contributed by atoms with van der Waals surface area (Å²) < 4.78 is 6.78. The first-order chi connectivity index (χ1) is 14.9. The molecule has 0 aliphatic heterocycles. The van der Waals surface area contributed by atoms with Crippen molar-refractivity contribution in [1.82, 2.24) is 19.9 Å². The maximum absolute atomic E-state index is 12.4. The first-order valence-corrected chi connectivity index (χ1v) is 11.4. The highest BCUT2D eigenvalue weighted by Crippen LogP contribution is 2.34. The molecule has 31 heavy (non-hydrogen) atoms. The molecule has 4 aromatic rings. The number of rotatable bonds is 6. The van der Waals surface area contributed by atoms with Gasteiger partial charge in [0.05, 0.1) is 23.2 Å². The molecule has 0 atom stereocenters. The molecular formula is C21H22N6O2S2. The van der Waals surface area contributed by atoms with E-state index in [1.165, 1.54) is 27.8 Å². The Morgan fingerprint density at radius 1 is 1.26 bits per heavy atom. The topological polar surface area (TPSA) is 103 Å². The maximum atomic E-state index is 12.4. The summed E-state index contributed by atoms with van der Waals surface area (Å²) in [5.41, 5.74) is 4.68. The molecule has 2 N–H and O–H groups in total. The number of thiazole rings is 1. The molecule has 1 amide bonds. The van der Waals surface area contributed by atoms with Crippen molar-refractivity contribution in [1.29, 1.82) is 0 Å². The van der Waals surface area contributed by atoms with Gasteiger partial charge in [0, 0.05) is 18.1 Å². The van der Waals surface area contributed by atoms with Crippen molar-refractivity contribution >= 4 is 39.8 Å². The van der Waals surface area contributed by atoms with Crippen LogP contribution >= 0.6 is 23.1 Å². The van der Waals surface area contributed by atoms with Crippen molar-refractivity contribution in [2.75, 3.05) is 10.7 Å². The molecule has 0 unspecified atom stereocenters. The number of hydrogen-bond acceptors (Lipinski definition) is 8. The van der Waals surface area contributed by atoms with Crippen LogP contribution in [0.4, 0.5) is 10.8 Å². The van der Waals surface area contributed by atoms with Crippen LogP contribution < -0.4 is 10.7 Å². The number of nitrogens with two attached hydrogens (primary N) is 1. The SMILES string of the molecule is CC(=O)N(c1nc(CSc2nnc(-c3ccoc3C)n2N)cs1)c1cccc(C)c1C. The predicted molar refractivity (Wildman–Crippen MR) is 123 cm³/mol. The van der Waals surface area contributed by atoms with E-state index < -0.39 is 0 Å². The second-order valence-corrected chi connectivity index (χ2v) is 8.83. The molecule has 0 fully saturated rings. The van der Waals surface area contributed by atoms with E-state index in [2.05, 4.69) is 15.2 Å². The second-order valence-electron chi connectivity index (χ2n) is 7.05. The number of nitrogen functional groups attached to an aromatic ring is 1. The molecule has 8 nitrogen and oxygen atoms in total. The highest BCUT2D eigenvalue weighted by molar-refractivity contribution is 7.98. The Bertz CT molecular complexity index is 1240. The average molecular weight is 455 g/mol. The minimum Gasteiger partial charge on any atom is -0.469 e. The van der Waals surface area contributed by atoms with Gasteiger partial charge in [0.2, 0.25) is 11.1 Å². The largest absolute Gasteiger partial charge is 0.469 e. The van der Waals surface area contributed by atoms with Gasteiger partial charge in [-0.05, 0) is 44.0 Å². The predicted octanol–water partition coefficient (Wildman–Crippen LogP) is 4.61. The Hall–Kier alpha value is -3.11. The van der Waals surface area contributed by atoms with Crippen molar-refractivity contribution in [2.24, 2.45) is 0 Å². The van der Waals surface area contributed by atoms with Gasteiger partial charge in [-0.2, -0.15) is 0 Å². The fourth-order valence-electron chi connectivity index (χ4n) is 3.17. The maximum Gasteiger partial charge on any atom is 0.230 e. The van der Waals surface area contributed by atoms with Crippen LogP contribution in [0, 0.1) is 20.8 Å². The third-order valence-electron chi connectivity index (χ3n) is 4.98. The van der Waals surface area contributed by atoms with Gasteiger partial charge in [-0.25, -0.2) is 9.66 Å². The molecule has 0 saturated heterocycles. The molecule has 3 heterocycles. The summed E-state index contributed by atoms with van der Waals surface area (Å²) in [4.78, 5) is 18.8. The zero-order valence-corrected chi connectivity index (χ0v) is 19.3. The van der Waals surface area contributed by atoms with Crippen LogP contribution in [-0.4, -0.2) is 25.8 Å². The molecule has 1 aromatic carbocycles. The van der Waals surface area contributed by atoms with Crippen molar-refractivity contribution in [2.45, 2.75) is 38.6 Å². The van der Waals surface area contributed by atoms with Gasteiger partial charge < -0.3 is 10.3 Å². The molecule has 160 valence electrons. The second kappa shape index (κ2) is 8.56. The average Bonchev–Trinajstić information content (AvgIpc) is 3.44. The van der Waals surface area contributed by atoms with Crippen molar-refractivity contribution in [3.8, 4) is 11.4 Å². The molecule has 0 aliphatic rings. The van der Waals surface area contributed by atoms with E-state index in [9.17, 15) is 4.79 Å². The number of nitrogens with zero attached hydrogens (tertiary/aromatic N) is 5. The molecule has 3 aromatic heterocycles. The molecule has 0 saturated carbocycles. The Kier molecular flexibility index (Phi) is 5.84. The van der Waals surface area contributed by atoms with Crippen molar-refractivity contribution < 1.29 is 9.21 Å². The Labute approximate surface area is 188 Å². The smallest absolute Gasteiger partial charge is 0.230 e. The minimum atomic E-state index is -0.0796. The summed E-state index contributed by atoms with van der Waals surface area (Å²) in [5.74, 6) is 7.94. The summed E-state index contributed by atoms with van der Waals surface area (Å²) in [5, 5.41) is 11.5. The van der Waals surface area contributed by atoms with Gasteiger partial charge in [0.1, 0.15) is 5.76 Å². The molecule has 0 bridgehead atoms. The summed E-state index contributed by atoms with van der Waals surface area (Å²) in [7, 11) is 0. The fraction of sp³-hybridized carbons (Fsp3) is 0.238. The number of furan rings is 1. The Morgan fingerprint density at radius 2 is 2.06 bits per heavy atom. The van der Waals surface area contributed by atoms with Crippen LogP contribution in [0.1, 0.15) is 29.5 Å². The summed E-state index contributed by atoms with van der Waals surface area (Å²) >= 11 is 2.87. The summed E-state index contributed by atoms with van der Waals surface area (Å²) in [6, 6.07) is 7.73. The fourth-order valence-corrected chi connectivity index (χ4v) is 4.90. The molecular weight excluding hydrogens is 432 g/mol. The third-order valence-corrected chi connectivity index (χ3v) is 6.83. The lowest BCUT2D eigenvalue weighted by atomic mass is 10.1. The van der Waals surface area contributed by atoms with Gasteiger partial charge in [0.15, 0.2) is 11.0 Å². The van der Waals surface area contributed by atoms with E-state index in [0.29, 0.717) is 21.9 Å². The lowest BCUT2D eigenvalue weighted by Crippen LogP contribution is -2.23. The number of aryl methyl sites for hydroxylation is 2. The number of aromatic nitrogens is 4. The number of anilines is 2. The molecule has 0 radical (unpaired) electrons. The standard InChI is InChI=1S/C21H22N6O2S2/c1-12-6-5-7-18(13(12)2)26(15(4)28)20-23-16(10-30-20)11-31-21-25-24-19(27(21)22)17-8-9-29-14(17)3/h5-10H,11,22H2,1-4H3. The van der Waals surface area contributed by atoms with Crippen molar-refractivity contribution in [3.05, 3.63) is 58.5 Å². The third kappa shape index (κ3) is 4.08. The number of amides is 1. The number of carbonyl (C=O) groups is 1. The van der Waals surface area contributed by atoms with Crippen LogP contribution in [0.5, 0.6) is 0 Å². The first-order valence-electron chi connectivity index (χ1n) is 9.56. The van der Waals surface area contributed by atoms with Gasteiger partial charge in [-0.3, -0.25) is 9.69 Å². The quantitative estimate of drug-likeness (QED) is 0.335. The number of carbonyl (C=O) groups excluding carboxylic acids is 1. The normalized spacial score (nSPS) is 11.1. The zero-order valence-electron chi connectivity index (χ0n) is 17.6. The highest BCUT2D eigenvalue weighted by Gasteiger charge is 2.21. The van der Waals surface area contributed by atoms with E-state index in [4.69, 9.17) is 10.3 Å². The Balaban J connectivity index is 1.53. The van der Waals surface area contributed by atoms with Gasteiger partial charge in [0.25, 0.3) is 0 Å². The summed E-state index contributed by atoms with van der Waals surface area (Å²) in [6.07, 6.45) is 1.60. The van der Waals surface area contributed by atoms with Crippen molar-refractivity contribution in [3.63, 3.8) is 0 Å². The number of benzene rings is 1. The van der Waals surface area contributed by atoms with Crippen LogP contribution in [0.25, 0.3) is 11.4 Å². The highest BCUT2D eigenvalue weighted by atomic mass is 32.2. The monoisotopic (exact) mass is 454 g/mol. The lowest BCUT2D eigenvalue weighted by molar-refractivity contribution is -0.115. The molecule has 10 heteroatoms. The Morgan fingerprint density at radius 3 is 2.77 bits per heavy atom. The summed E-state index contributed by atoms with van der Waals surface area (Å²) in [6.45, 7) is 7.44. The molecule has 0 aliphatic carbocycles.